The van der Waals surface area contributed by atoms with Gasteiger partial charge in [-0.3, -0.25) is 0 Å². The van der Waals surface area contributed by atoms with Gasteiger partial charge in [0.2, 0.25) is 0 Å². The Morgan fingerprint density at radius 1 is 0.375 bits per heavy atom. The van der Waals surface area contributed by atoms with Crippen LogP contribution in [-0.2, 0) is 0 Å². The minimum Gasteiger partial charge on any atom is -0.460 e. The van der Waals surface area contributed by atoms with E-state index >= 15 is 0 Å². The molecule has 0 saturated heterocycles. The average Bonchev–Trinajstić information content (AvgIpc) is 3.65. The van der Waals surface area contributed by atoms with E-state index in [0.29, 0.717) is 0 Å². The number of hydrogen-bond acceptors (Lipinski definition) is 2. The van der Waals surface area contributed by atoms with Crippen molar-refractivity contribution in [2.24, 2.45) is 0 Å². The first-order valence-corrected chi connectivity index (χ1v) is 13.6. The molecule has 0 amide bonds. The summed E-state index contributed by atoms with van der Waals surface area (Å²) in [5, 5.41) is 10.6. The van der Waals surface area contributed by atoms with Crippen LogP contribution in [0.3, 0.4) is 0 Å². The summed E-state index contributed by atoms with van der Waals surface area (Å²) >= 11 is 0. The van der Waals surface area contributed by atoms with Gasteiger partial charge in [0.1, 0.15) is 5.58 Å². The second kappa shape index (κ2) is 8.08. The minimum atomic E-state index is 0.787. The molecule has 0 fully saturated rings. The Bertz CT molecular complexity index is 2370. The van der Waals surface area contributed by atoms with Crippen molar-refractivity contribution in [3.63, 3.8) is 0 Å². The quantitative estimate of drug-likeness (QED) is 0.216. The smallest absolute Gasteiger partial charge is 0.178 e. The lowest BCUT2D eigenvalue weighted by Crippen LogP contribution is -1.92. The van der Waals surface area contributed by atoms with Crippen molar-refractivity contribution < 1.29 is 8.83 Å². The lowest BCUT2D eigenvalue weighted by Gasteiger charge is -2.19. The summed E-state index contributed by atoms with van der Waals surface area (Å²) in [7, 11) is 0. The minimum absolute atomic E-state index is 0.787. The highest BCUT2D eigenvalue weighted by Crippen LogP contribution is 2.48. The molecule has 186 valence electrons. The van der Waals surface area contributed by atoms with Gasteiger partial charge in [-0.25, -0.2) is 0 Å². The Balaban J connectivity index is 1.49. The molecule has 40 heavy (non-hydrogen) atoms. The van der Waals surface area contributed by atoms with Gasteiger partial charge in [0.15, 0.2) is 11.2 Å². The van der Waals surface area contributed by atoms with Crippen molar-refractivity contribution in [3.05, 3.63) is 134 Å². The molecular formula is C38H22O2. The van der Waals surface area contributed by atoms with Crippen molar-refractivity contribution in [1.82, 2.24) is 0 Å². The first-order chi connectivity index (χ1) is 19.9. The fourth-order valence-corrected chi connectivity index (χ4v) is 6.66. The molecule has 0 unspecified atom stereocenters. The van der Waals surface area contributed by atoms with E-state index in [0.717, 1.165) is 38.5 Å². The Labute approximate surface area is 229 Å². The summed E-state index contributed by atoms with van der Waals surface area (Å²) in [5.41, 5.74) is 7.34. The SMILES string of the molecule is c1ccc2c(-c3c4ccccc4c(-c4cc5c6ccccc6oc5c5occc45)c4ccccc34)cccc2c1. The molecule has 0 atom stereocenters. The third kappa shape index (κ3) is 2.88. The maximum Gasteiger partial charge on any atom is 0.178 e. The van der Waals surface area contributed by atoms with E-state index in [9.17, 15) is 0 Å². The monoisotopic (exact) mass is 510 g/mol. The van der Waals surface area contributed by atoms with Gasteiger partial charge in [-0.2, -0.15) is 0 Å². The van der Waals surface area contributed by atoms with Gasteiger partial charge in [0.25, 0.3) is 0 Å². The number of hydrogen-bond donors (Lipinski definition) is 0. The molecule has 0 bridgehead atoms. The van der Waals surface area contributed by atoms with Crippen LogP contribution in [0.4, 0.5) is 0 Å². The molecule has 0 aliphatic heterocycles. The van der Waals surface area contributed by atoms with E-state index in [1.165, 1.54) is 49.0 Å². The topological polar surface area (TPSA) is 26.3 Å². The first-order valence-electron chi connectivity index (χ1n) is 13.6. The maximum atomic E-state index is 6.31. The van der Waals surface area contributed by atoms with Crippen LogP contribution in [0, 0.1) is 0 Å². The predicted octanol–water partition coefficient (Wildman–Crippen LogP) is 11.1. The van der Waals surface area contributed by atoms with E-state index in [-0.39, 0.29) is 0 Å². The van der Waals surface area contributed by atoms with Crippen LogP contribution in [-0.4, -0.2) is 0 Å². The summed E-state index contributed by atoms with van der Waals surface area (Å²) in [6, 6.07) is 45.5. The lowest BCUT2D eigenvalue weighted by molar-refractivity contribution is 0.600. The molecule has 2 aromatic heterocycles. The van der Waals surface area contributed by atoms with E-state index in [4.69, 9.17) is 8.83 Å². The summed E-state index contributed by atoms with van der Waals surface area (Å²) in [6.07, 6.45) is 1.77. The molecule has 7 aromatic carbocycles. The molecule has 9 rings (SSSR count). The standard InChI is InChI=1S/C38H22O2/c1-2-12-24-23(10-1)11-9-18-26(24)35-27-14-3-5-16-29(27)36(30-17-6-4-15-28(30)35)32-22-33-25-13-7-8-19-34(25)40-38(33)37-31(32)20-21-39-37/h1-22H. The van der Waals surface area contributed by atoms with E-state index in [1.807, 2.05) is 12.1 Å². The van der Waals surface area contributed by atoms with E-state index < -0.39 is 0 Å². The summed E-state index contributed by atoms with van der Waals surface area (Å²) in [5.74, 6) is 0. The second-order valence-corrected chi connectivity index (χ2v) is 10.4. The molecule has 0 aliphatic carbocycles. The van der Waals surface area contributed by atoms with Crippen LogP contribution >= 0.6 is 0 Å². The van der Waals surface area contributed by atoms with Crippen molar-refractivity contribution in [2.45, 2.75) is 0 Å². The van der Waals surface area contributed by atoms with Gasteiger partial charge in [0.05, 0.1) is 6.26 Å². The Morgan fingerprint density at radius 2 is 0.950 bits per heavy atom. The van der Waals surface area contributed by atoms with Crippen LogP contribution in [0.15, 0.2) is 142 Å². The number of fused-ring (bicyclic) bond motifs is 8. The molecule has 0 aliphatic rings. The highest BCUT2D eigenvalue weighted by atomic mass is 16.4. The highest BCUT2D eigenvalue weighted by molar-refractivity contribution is 6.27. The molecule has 9 aromatic rings. The van der Waals surface area contributed by atoms with Gasteiger partial charge in [0, 0.05) is 16.2 Å². The van der Waals surface area contributed by atoms with Gasteiger partial charge in [-0.1, -0.05) is 109 Å². The zero-order valence-electron chi connectivity index (χ0n) is 21.5. The number of para-hydroxylation sites is 1. The van der Waals surface area contributed by atoms with E-state index in [1.54, 1.807) is 6.26 Å². The predicted molar refractivity (Wildman–Crippen MR) is 167 cm³/mol. The summed E-state index contributed by atoms with van der Waals surface area (Å²) in [6.45, 7) is 0. The van der Waals surface area contributed by atoms with Gasteiger partial charge >= 0.3 is 0 Å². The summed E-state index contributed by atoms with van der Waals surface area (Å²) < 4.78 is 12.4. The van der Waals surface area contributed by atoms with Crippen LogP contribution in [0.2, 0.25) is 0 Å². The van der Waals surface area contributed by atoms with Crippen molar-refractivity contribution >= 4 is 65.2 Å². The Hall–Kier alpha value is -5.34. The van der Waals surface area contributed by atoms with Gasteiger partial charge in [-0.15, -0.1) is 0 Å². The van der Waals surface area contributed by atoms with Crippen LogP contribution in [0.25, 0.3) is 87.5 Å². The van der Waals surface area contributed by atoms with Crippen molar-refractivity contribution in [2.75, 3.05) is 0 Å². The fraction of sp³-hybridized carbons (Fsp3) is 0. The fourth-order valence-electron chi connectivity index (χ4n) is 6.66. The second-order valence-electron chi connectivity index (χ2n) is 10.4. The van der Waals surface area contributed by atoms with Gasteiger partial charge in [-0.05, 0) is 72.8 Å². The number of rotatable bonds is 2. The van der Waals surface area contributed by atoms with Crippen LogP contribution in [0.5, 0.6) is 0 Å². The molecule has 2 heteroatoms. The third-order valence-electron chi connectivity index (χ3n) is 8.34. The number of furan rings is 2. The molecule has 0 radical (unpaired) electrons. The first kappa shape index (κ1) is 21.6. The molecule has 2 nitrogen and oxygen atoms in total. The molecule has 2 heterocycles. The van der Waals surface area contributed by atoms with E-state index in [2.05, 4.69) is 115 Å². The molecule has 0 N–H and O–H groups in total. The largest absolute Gasteiger partial charge is 0.460 e. The summed E-state index contributed by atoms with van der Waals surface area (Å²) in [4.78, 5) is 0. The Kier molecular flexibility index (Phi) is 4.36. The third-order valence-corrected chi connectivity index (χ3v) is 8.34. The maximum absolute atomic E-state index is 6.31. The highest BCUT2D eigenvalue weighted by Gasteiger charge is 2.22. The van der Waals surface area contributed by atoms with Crippen molar-refractivity contribution in [1.29, 1.82) is 0 Å². The molecule has 0 saturated carbocycles. The van der Waals surface area contributed by atoms with Gasteiger partial charge < -0.3 is 8.83 Å². The average molecular weight is 511 g/mol. The van der Waals surface area contributed by atoms with Crippen molar-refractivity contribution in [3.8, 4) is 22.3 Å². The lowest BCUT2D eigenvalue weighted by atomic mass is 9.84. The zero-order chi connectivity index (χ0) is 26.2. The van der Waals surface area contributed by atoms with Crippen LogP contribution < -0.4 is 0 Å². The normalized spacial score (nSPS) is 12.0. The Morgan fingerprint density at radius 3 is 1.68 bits per heavy atom. The molecule has 0 spiro atoms. The number of benzene rings is 7. The molecular weight excluding hydrogens is 488 g/mol. The van der Waals surface area contributed by atoms with Crippen LogP contribution in [0.1, 0.15) is 0 Å². The zero-order valence-corrected chi connectivity index (χ0v) is 21.5.